The molecule has 158 valence electrons. The molecule has 4 aliphatic rings. The highest BCUT2D eigenvalue weighted by atomic mass is 16.5. The molecule has 0 bridgehead atoms. The first-order valence-corrected chi connectivity index (χ1v) is 11.1. The van der Waals surface area contributed by atoms with Crippen molar-refractivity contribution in [3.05, 3.63) is 0 Å². The maximum atomic E-state index is 12.4. The van der Waals surface area contributed by atoms with Gasteiger partial charge in [-0.15, -0.1) is 0 Å². The van der Waals surface area contributed by atoms with Gasteiger partial charge in [-0.05, 0) is 87.4 Å². The Morgan fingerprint density at radius 1 is 0.964 bits per heavy atom. The zero-order valence-electron chi connectivity index (χ0n) is 17.7. The smallest absolute Gasteiger partial charge is 0.302 e. The monoisotopic (exact) mass is 392 g/mol. The fourth-order valence-corrected chi connectivity index (χ4v) is 8.22. The summed E-state index contributed by atoms with van der Waals surface area (Å²) in [6.45, 7) is 7.38. The third-order valence-electron chi connectivity index (χ3n) is 9.71. The fraction of sp³-hybridized carbons (Fsp3) is 0.913. The van der Waals surface area contributed by atoms with Gasteiger partial charge in [0.05, 0.1) is 6.10 Å². The van der Waals surface area contributed by atoms with Crippen LogP contribution in [-0.4, -0.2) is 39.8 Å². The van der Waals surface area contributed by atoms with Crippen LogP contribution in [0.5, 0.6) is 0 Å². The van der Waals surface area contributed by atoms with Crippen LogP contribution in [0.25, 0.3) is 0 Å². The van der Waals surface area contributed by atoms with Crippen LogP contribution in [0.3, 0.4) is 0 Å². The lowest BCUT2D eigenvalue weighted by atomic mass is 9.44. The Balaban J connectivity index is 1.59. The topological polar surface area (TPSA) is 83.8 Å². The molecule has 4 fully saturated rings. The largest absolute Gasteiger partial charge is 0.463 e. The molecule has 0 aliphatic heterocycles. The Labute approximate surface area is 168 Å². The summed E-state index contributed by atoms with van der Waals surface area (Å²) < 4.78 is 5.53. The maximum absolute atomic E-state index is 12.4. The van der Waals surface area contributed by atoms with Gasteiger partial charge >= 0.3 is 5.97 Å². The van der Waals surface area contributed by atoms with Gasteiger partial charge < -0.3 is 14.9 Å². The molecule has 0 aromatic heterocycles. The molecule has 5 heteroatoms. The van der Waals surface area contributed by atoms with Crippen LogP contribution in [0.2, 0.25) is 0 Å². The molecule has 0 aromatic carbocycles. The number of Topliss-reactive ketones (excluding diaryl/α,β-unsaturated/α-hetero) is 1. The molecule has 0 saturated heterocycles. The molecule has 2 N–H and O–H groups in total. The number of aliphatic hydroxyl groups is 2. The molecule has 0 radical (unpaired) electrons. The number of ether oxygens (including phenoxy) is 1. The molecule has 4 saturated carbocycles. The lowest BCUT2D eigenvalue weighted by Gasteiger charge is -2.61. The van der Waals surface area contributed by atoms with Gasteiger partial charge in [-0.25, -0.2) is 0 Å². The van der Waals surface area contributed by atoms with Gasteiger partial charge in [-0.3, -0.25) is 9.59 Å². The Kier molecular flexibility index (Phi) is 4.74. The zero-order chi connectivity index (χ0) is 20.5. The first-order chi connectivity index (χ1) is 13.0. The third-order valence-corrected chi connectivity index (χ3v) is 9.71. The number of carbonyl (C=O) groups excluding carboxylic acids is 2. The minimum atomic E-state index is -1.60. The van der Waals surface area contributed by atoms with Crippen molar-refractivity contribution < 1.29 is 24.5 Å². The van der Waals surface area contributed by atoms with Crippen molar-refractivity contribution >= 4 is 11.8 Å². The second kappa shape index (κ2) is 6.53. The summed E-state index contributed by atoms with van der Waals surface area (Å²) in [5.41, 5.74) is -1.91. The van der Waals surface area contributed by atoms with Crippen molar-refractivity contribution in [1.29, 1.82) is 0 Å². The number of fused-ring (bicyclic) bond motifs is 5. The van der Waals surface area contributed by atoms with Gasteiger partial charge in [-0.1, -0.05) is 13.8 Å². The van der Waals surface area contributed by atoms with Gasteiger partial charge in [0, 0.05) is 12.3 Å². The third kappa shape index (κ3) is 2.57. The quantitative estimate of drug-likeness (QED) is 0.705. The van der Waals surface area contributed by atoms with Gasteiger partial charge in [0.15, 0.2) is 11.4 Å². The molecule has 0 heterocycles. The van der Waals surface area contributed by atoms with Crippen LogP contribution < -0.4 is 0 Å². The number of rotatable bonds is 2. The molecular formula is C23H36O5. The number of aliphatic hydroxyl groups excluding tert-OH is 1. The number of esters is 1. The van der Waals surface area contributed by atoms with Crippen LogP contribution in [0, 0.1) is 34.5 Å². The minimum Gasteiger partial charge on any atom is -0.463 e. The van der Waals surface area contributed by atoms with Crippen molar-refractivity contribution in [3.63, 3.8) is 0 Å². The molecule has 0 amide bonds. The molecule has 0 aromatic rings. The van der Waals surface area contributed by atoms with E-state index in [1.807, 2.05) is 6.92 Å². The molecule has 9 atom stereocenters. The lowest BCUT2D eigenvalue weighted by molar-refractivity contribution is -0.183. The van der Waals surface area contributed by atoms with E-state index in [2.05, 4.69) is 6.92 Å². The van der Waals surface area contributed by atoms with Crippen molar-refractivity contribution in [2.75, 3.05) is 0 Å². The van der Waals surface area contributed by atoms with E-state index in [9.17, 15) is 19.8 Å². The second-order valence-electron chi connectivity index (χ2n) is 10.7. The van der Waals surface area contributed by atoms with Crippen molar-refractivity contribution in [2.45, 2.75) is 96.9 Å². The summed E-state index contributed by atoms with van der Waals surface area (Å²) in [6.07, 6.45) is 6.58. The second-order valence-corrected chi connectivity index (χ2v) is 10.7. The van der Waals surface area contributed by atoms with Crippen LogP contribution >= 0.6 is 0 Å². The molecule has 0 spiro atoms. The highest BCUT2D eigenvalue weighted by Crippen LogP contribution is 2.68. The van der Waals surface area contributed by atoms with Crippen LogP contribution in [0.4, 0.5) is 0 Å². The van der Waals surface area contributed by atoms with E-state index in [1.54, 1.807) is 0 Å². The highest BCUT2D eigenvalue weighted by molar-refractivity contribution is 5.87. The molecule has 0 unspecified atom stereocenters. The van der Waals surface area contributed by atoms with Gasteiger partial charge in [-0.2, -0.15) is 0 Å². The van der Waals surface area contributed by atoms with Crippen molar-refractivity contribution in [1.82, 2.24) is 0 Å². The first-order valence-electron chi connectivity index (χ1n) is 11.1. The van der Waals surface area contributed by atoms with E-state index in [0.717, 1.165) is 44.9 Å². The van der Waals surface area contributed by atoms with Crippen molar-refractivity contribution in [3.8, 4) is 0 Å². The molecule has 4 aliphatic carbocycles. The van der Waals surface area contributed by atoms with Crippen LogP contribution in [-0.2, 0) is 14.3 Å². The molecule has 5 nitrogen and oxygen atoms in total. The number of hydrogen-bond acceptors (Lipinski definition) is 5. The van der Waals surface area contributed by atoms with Gasteiger partial charge in [0.2, 0.25) is 0 Å². The molecule has 28 heavy (non-hydrogen) atoms. The summed E-state index contributed by atoms with van der Waals surface area (Å²) in [6, 6.07) is 0. The van der Waals surface area contributed by atoms with E-state index >= 15 is 0 Å². The Morgan fingerprint density at radius 3 is 2.32 bits per heavy atom. The number of ketones is 1. The van der Waals surface area contributed by atoms with Crippen LogP contribution in [0.1, 0.15) is 79.1 Å². The minimum absolute atomic E-state index is 0.0529. The fourth-order valence-electron chi connectivity index (χ4n) is 8.22. The lowest BCUT2D eigenvalue weighted by Crippen LogP contribution is -2.60. The van der Waals surface area contributed by atoms with Gasteiger partial charge in [0.25, 0.3) is 0 Å². The average Bonchev–Trinajstić information content (AvgIpc) is 2.83. The van der Waals surface area contributed by atoms with E-state index in [-0.39, 0.29) is 29.2 Å². The van der Waals surface area contributed by atoms with Crippen LogP contribution in [0.15, 0.2) is 0 Å². The Morgan fingerprint density at radius 2 is 1.68 bits per heavy atom. The standard InChI is InChI=1S/C23H36O5/c1-13(24)23(27)20(26)12-19-17-6-5-15-11-16(28-14(2)25)7-9-21(15,3)18(17)8-10-22(19,23)4/h15-20,26-27H,5-12H2,1-4H3/t15-,16-,17-,18+,19+,20+,21-,22-,23+/m0/s1. The van der Waals surface area contributed by atoms with E-state index in [4.69, 9.17) is 4.74 Å². The van der Waals surface area contributed by atoms with Gasteiger partial charge in [0.1, 0.15) is 6.10 Å². The summed E-state index contributed by atoms with van der Waals surface area (Å²) in [4.78, 5) is 23.8. The highest BCUT2D eigenvalue weighted by Gasteiger charge is 2.69. The summed E-state index contributed by atoms with van der Waals surface area (Å²) in [5.74, 6) is 1.30. The van der Waals surface area contributed by atoms with E-state index < -0.39 is 17.1 Å². The normalized spacial score (nSPS) is 52.9. The Hall–Kier alpha value is -0.940. The SMILES string of the molecule is CC(=O)O[C@H]1CC[C@@]2(C)[C@@H](CC[C@H]3[C@H]2CC[C@@]2(C)[C@@H]3C[C@@H](O)[C@]2(O)C(C)=O)C1. The summed E-state index contributed by atoms with van der Waals surface area (Å²) in [5, 5.41) is 21.9. The molecular weight excluding hydrogens is 356 g/mol. The molecule has 4 rings (SSSR count). The number of carbonyl (C=O) groups is 2. The predicted molar refractivity (Wildman–Crippen MR) is 104 cm³/mol. The van der Waals surface area contributed by atoms with E-state index in [1.165, 1.54) is 13.8 Å². The van der Waals surface area contributed by atoms with E-state index in [0.29, 0.717) is 24.2 Å². The first kappa shape index (κ1) is 20.3. The zero-order valence-corrected chi connectivity index (χ0v) is 17.7. The Bertz CT molecular complexity index is 676. The number of hydrogen-bond donors (Lipinski definition) is 2. The van der Waals surface area contributed by atoms with Crippen molar-refractivity contribution in [2.24, 2.45) is 34.5 Å². The summed E-state index contributed by atoms with van der Waals surface area (Å²) >= 11 is 0. The maximum Gasteiger partial charge on any atom is 0.302 e. The predicted octanol–water partition coefficient (Wildman–Crippen LogP) is 3.25. The average molecular weight is 393 g/mol. The summed E-state index contributed by atoms with van der Waals surface area (Å²) in [7, 11) is 0.